The zero-order chi connectivity index (χ0) is 36.3. The van der Waals surface area contributed by atoms with E-state index in [0.29, 0.717) is 0 Å². The molecule has 9 aromatic carbocycles. The molecular weight excluding hydrogens is 687 g/mol. The van der Waals surface area contributed by atoms with E-state index in [2.05, 4.69) is 205 Å². The zero-order valence-corrected chi connectivity index (χ0v) is 30.6. The second-order valence-corrected chi connectivity index (χ2v) is 15.1. The first-order chi connectivity index (χ1) is 27.3. The Morgan fingerprint density at radius 3 is 1.82 bits per heavy atom. The van der Waals surface area contributed by atoms with Crippen molar-refractivity contribution in [2.75, 3.05) is 4.90 Å². The lowest BCUT2D eigenvalue weighted by molar-refractivity contribution is 0.670. The van der Waals surface area contributed by atoms with E-state index in [1.165, 1.54) is 42.1 Å². The molecule has 0 unspecified atom stereocenters. The number of fused-ring (bicyclic) bond motifs is 8. The lowest BCUT2D eigenvalue weighted by atomic mass is 9.95. The molecule has 55 heavy (non-hydrogen) atoms. The van der Waals surface area contributed by atoms with Crippen molar-refractivity contribution in [1.29, 1.82) is 0 Å². The molecule has 2 nitrogen and oxygen atoms in total. The summed E-state index contributed by atoms with van der Waals surface area (Å²) in [6, 6.07) is 72.1. The molecule has 0 spiro atoms. The third-order valence-corrected chi connectivity index (χ3v) is 12.0. The third-order valence-electron chi connectivity index (χ3n) is 10.8. The molecule has 0 N–H and O–H groups in total. The van der Waals surface area contributed by atoms with Gasteiger partial charge in [-0.1, -0.05) is 146 Å². The monoisotopic (exact) mass is 719 g/mol. The topological polar surface area (TPSA) is 16.4 Å². The molecule has 0 aliphatic carbocycles. The van der Waals surface area contributed by atoms with Gasteiger partial charge in [0, 0.05) is 47.8 Å². The summed E-state index contributed by atoms with van der Waals surface area (Å²) >= 11 is 1.85. The molecule has 11 rings (SSSR count). The molecule has 2 heterocycles. The first kappa shape index (κ1) is 31.6. The predicted molar refractivity (Wildman–Crippen MR) is 235 cm³/mol. The summed E-state index contributed by atoms with van der Waals surface area (Å²) in [7, 11) is 0. The molecule has 0 fully saturated rings. The minimum absolute atomic E-state index is 0.870. The van der Waals surface area contributed by atoms with Gasteiger partial charge >= 0.3 is 0 Å². The second-order valence-electron chi connectivity index (χ2n) is 14.0. The Balaban J connectivity index is 1.23. The molecule has 2 aromatic heterocycles. The van der Waals surface area contributed by atoms with Crippen LogP contribution in [0.25, 0.3) is 86.3 Å². The zero-order valence-electron chi connectivity index (χ0n) is 29.8. The van der Waals surface area contributed by atoms with E-state index >= 15 is 0 Å². The van der Waals surface area contributed by atoms with Crippen molar-refractivity contribution < 1.29 is 4.42 Å². The summed E-state index contributed by atoms with van der Waals surface area (Å²) in [6.45, 7) is 0. The van der Waals surface area contributed by atoms with Crippen LogP contribution in [0.4, 0.5) is 17.1 Å². The van der Waals surface area contributed by atoms with Gasteiger partial charge < -0.3 is 9.32 Å². The fraction of sp³-hybridized carbons (Fsp3) is 0. The van der Waals surface area contributed by atoms with Gasteiger partial charge in [0.1, 0.15) is 11.2 Å². The number of rotatable bonds is 6. The van der Waals surface area contributed by atoms with E-state index in [4.69, 9.17) is 4.42 Å². The molecule has 0 saturated carbocycles. The predicted octanol–water partition coefficient (Wildman–Crippen LogP) is 15.6. The maximum atomic E-state index is 6.85. The van der Waals surface area contributed by atoms with Crippen LogP contribution in [0.3, 0.4) is 0 Å². The highest BCUT2D eigenvalue weighted by Crippen LogP contribution is 2.49. The summed E-state index contributed by atoms with van der Waals surface area (Å²) in [4.78, 5) is 2.47. The Morgan fingerprint density at radius 1 is 0.382 bits per heavy atom. The summed E-state index contributed by atoms with van der Waals surface area (Å²) < 4.78 is 9.39. The van der Waals surface area contributed by atoms with Gasteiger partial charge in [0.25, 0.3) is 0 Å². The van der Waals surface area contributed by atoms with Crippen LogP contribution < -0.4 is 4.90 Å². The molecule has 0 bridgehead atoms. The van der Waals surface area contributed by atoms with Gasteiger partial charge in [-0.2, -0.15) is 0 Å². The van der Waals surface area contributed by atoms with Crippen LogP contribution in [-0.4, -0.2) is 0 Å². The smallest absolute Gasteiger partial charge is 0.143 e. The van der Waals surface area contributed by atoms with Crippen LogP contribution in [0.2, 0.25) is 0 Å². The average molecular weight is 720 g/mol. The summed E-state index contributed by atoms with van der Waals surface area (Å²) in [5.41, 5.74) is 12.0. The highest BCUT2D eigenvalue weighted by molar-refractivity contribution is 7.26. The van der Waals surface area contributed by atoms with Gasteiger partial charge in [0.2, 0.25) is 0 Å². The Bertz CT molecular complexity index is 3200. The van der Waals surface area contributed by atoms with Crippen LogP contribution in [0.1, 0.15) is 0 Å². The lowest BCUT2D eigenvalue weighted by Gasteiger charge is -2.29. The molecule has 3 heteroatoms. The van der Waals surface area contributed by atoms with Crippen molar-refractivity contribution >= 4 is 81.3 Å². The first-order valence-electron chi connectivity index (χ1n) is 18.7. The largest absolute Gasteiger partial charge is 0.455 e. The fourth-order valence-electron chi connectivity index (χ4n) is 8.33. The summed E-state index contributed by atoms with van der Waals surface area (Å²) in [5, 5.41) is 7.12. The molecule has 0 atom stereocenters. The summed E-state index contributed by atoms with van der Waals surface area (Å²) in [6.07, 6.45) is 0. The van der Waals surface area contributed by atoms with Crippen molar-refractivity contribution in [2.45, 2.75) is 0 Å². The van der Waals surface area contributed by atoms with E-state index in [1.807, 2.05) is 11.3 Å². The number of thiophene rings is 1. The Hall–Kier alpha value is -6.94. The summed E-state index contributed by atoms with van der Waals surface area (Å²) in [5.74, 6) is 0. The maximum absolute atomic E-state index is 6.85. The van der Waals surface area contributed by atoms with E-state index < -0.39 is 0 Å². The Kier molecular flexibility index (Phi) is 7.39. The number of benzene rings is 9. The highest BCUT2D eigenvalue weighted by atomic mass is 32.1. The first-order valence-corrected chi connectivity index (χ1v) is 19.5. The van der Waals surface area contributed by atoms with Gasteiger partial charge in [0.05, 0.1) is 11.4 Å². The standard InChI is InChI=1S/C52H33NOS/c1-4-15-34(16-5-1)37-27-29-45(42(31-37)35-17-6-2-7-18-35)53(46-24-14-26-49-51(46)41-23-12-13-25-48(41)55-49)39-28-30-47-44(33-39)50-40-22-11-10-21-38(40)32-43(52(50)54-47)36-19-8-3-9-20-36/h1-33H. The van der Waals surface area contributed by atoms with Crippen LogP contribution in [0, 0.1) is 0 Å². The molecule has 0 aliphatic heterocycles. The van der Waals surface area contributed by atoms with E-state index in [9.17, 15) is 0 Å². The molecule has 0 aliphatic rings. The number of hydrogen-bond acceptors (Lipinski definition) is 3. The SMILES string of the molecule is c1ccc(-c2ccc(N(c3ccc4oc5c(-c6ccccc6)cc6ccccc6c5c4c3)c3cccc4sc5ccccc5c34)c(-c3ccccc3)c2)cc1. The lowest BCUT2D eigenvalue weighted by Crippen LogP contribution is -2.11. The number of nitrogens with zero attached hydrogens (tertiary/aromatic N) is 1. The molecular formula is C52H33NOS. The molecule has 0 amide bonds. The average Bonchev–Trinajstić information content (AvgIpc) is 3.84. The van der Waals surface area contributed by atoms with Crippen LogP contribution in [0.5, 0.6) is 0 Å². The molecule has 258 valence electrons. The number of hydrogen-bond donors (Lipinski definition) is 0. The fourth-order valence-corrected chi connectivity index (χ4v) is 9.45. The van der Waals surface area contributed by atoms with Crippen LogP contribution in [-0.2, 0) is 0 Å². The van der Waals surface area contributed by atoms with Gasteiger partial charge in [-0.05, 0) is 87.6 Å². The van der Waals surface area contributed by atoms with Crippen molar-refractivity contribution in [2.24, 2.45) is 0 Å². The number of furan rings is 1. The van der Waals surface area contributed by atoms with Crippen molar-refractivity contribution in [3.05, 3.63) is 200 Å². The molecule has 11 aromatic rings. The minimum Gasteiger partial charge on any atom is -0.455 e. The second kappa shape index (κ2) is 12.9. The normalized spacial score (nSPS) is 11.6. The van der Waals surface area contributed by atoms with Crippen molar-refractivity contribution in [1.82, 2.24) is 0 Å². The van der Waals surface area contributed by atoms with Gasteiger partial charge in [-0.25, -0.2) is 0 Å². The van der Waals surface area contributed by atoms with Crippen molar-refractivity contribution in [3.63, 3.8) is 0 Å². The maximum Gasteiger partial charge on any atom is 0.143 e. The minimum atomic E-state index is 0.870. The Labute approximate surface area is 322 Å². The van der Waals surface area contributed by atoms with Crippen molar-refractivity contribution in [3.8, 4) is 33.4 Å². The molecule has 0 saturated heterocycles. The Morgan fingerprint density at radius 2 is 1.04 bits per heavy atom. The van der Waals surface area contributed by atoms with Crippen LogP contribution >= 0.6 is 11.3 Å². The highest BCUT2D eigenvalue weighted by Gasteiger charge is 2.24. The van der Waals surface area contributed by atoms with Gasteiger partial charge in [0.15, 0.2) is 0 Å². The van der Waals surface area contributed by atoms with E-state index in [1.54, 1.807) is 0 Å². The third kappa shape index (κ3) is 5.24. The van der Waals surface area contributed by atoms with Gasteiger partial charge in [-0.3, -0.25) is 0 Å². The van der Waals surface area contributed by atoms with Gasteiger partial charge in [-0.15, -0.1) is 11.3 Å². The molecule has 0 radical (unpaired) electrons. The quantitative estimate of drug-likeness (QED) is 0.170. The van der Waals surface area contributed by atoms with Crippen LogP contribution in [0.15, 0.2) is 205 Å². The van der Waals surface area contributed by atoms with E-state index in [0.717, 1.165) is 61.3 Å². The number of anilines is 3. The van der Waals surface area contributed by atoms with E-state index in [-0.39, 0.29) is 0 Å².